The number of benzene rings is 2. The third-order valence-electron chi connectivity index (χ3n) is 5.49. The minimum Gasteiger partial charge on any atom is -0.755 e. The van der Waals surface area contributed by atoms with Crippen molar-refractivity contribution in [3.63, 3.8) is 0 Å². The van der Waals surface area contributed by atoms with Crippen LogP contribution >= 0.6 is 0 Å². The third-order valence-corrected chi connectivity index (χ3v) is 6.24. The molecule has 1 aliphatic rings. The molecule has 0 aliphatic carbocycles. The number of piperazine rings is 1. The molecule has 168 valence electrons. The van der Waals surface area contributed by atoms with Crippen molar-refractivity contribution >= 4 is 34.2 Å². The summed E-state index contributed by atoms with van der Waals surface area (Å²) in [5, 5.41) is 2.83. The third kappa shape index (κ3) is 7.05. The van der Waals surface area contributed by atoms with E-state index in [-0.39, 0.29) is 5.91 Å². The number of hydrogen-bond donors (Lipinski definition) is 1. The topological polar surface area (TPSA) is 79.0 Å². The van der Waals surface area contributed by atoms with Crippen molar-refractivity contribution in [1.82, 2.24) is 4.90 Å². The summed E-state index contributed by atoms with van der Waals surface area (Å²) in [6.45, 7) is 8.77. The molecule has 1 heterocycles. The smallest absolute Gasteiger partial charge is 0.221 e. The van der Waals surface area contributed by atoms with Gasteiger partial charge >= 0.3 is 0 Å². The number of unbranched alkanes of at least 4 members (excludes halogenated alkanes) is 1. The molecule has 0 spiro atoms. The average Bonchev–Trinajstić information content (AvgIpc) is 2.74. The van der Waals surface area contributed by atoms with Crippen LogP contribution in [-0.4, -0.2) is 58.8 Å². The summed E-state index contributed by atoms with van der Waals surface area (Å²) in [6.07, 6.45) is 1.78. The molecule has 1 atom stereocenters. The van der Waals surface area contributed by atoms with Gasteiger partial charge in [-0.3, -0.25) is 13.9 Å². The summed E-state index contributed by atoms with van der Waals surface area (Å²) in [6, 6.07) is 15.5. The number of carbonyl (C=O) groups is 1. The predicted octanol–water partition coefficient (Wildman–Crippen LogP) is 3.16. The molecule has 0 aromatic heterocycles. The van der Waals surface area contributed by atoms with E-state index in [1.807, 2.05) is 49.4 Å². The lowest BCUT2D eigenvalue weighted by Crippen LogP contribution is -2.46. The first-order valence-corrected chi connectivity index (χ1v) is 11.7. The van der Waals surface area contributed by atoms with Gasteiger partial charge < -0.3 is 19.1 Å². The van der Waals surface area contributed by atoms with Crippen LogP contribution in [0.3, 0.4) is 0 Å². The summed E-state index contributed by atoms with van der Waals surface area (Å²) in [5.41, 5.74) is 3.77. The van der Waals surface area contributed by atoms with Crippen LogP contribution in [0.2, 0.25) is 0 Å². The van der Waals surface area contributed by atoms with Gasteiger partial charge in [0.05, 0.1) is 0 Å². The fourth-order valence-corrected chi connectivity index (χ4v) is 4.38. The minimum atomic E-state index is -2.26. The highest BCUT2D eigenvalue weighted by atomic mass is 32.2. The number of anilines is 3. The summed E-state index contributed by atoms with van der Waals surface area (Å²) in [4.78, 5) is 16.0. The molecule has 1 fully saturated rings. The Morgan fingerprint density at radius 3 is 2.45 bits per heavy atom. The van der Waals surface area contributed by atoms with Gasteiger partial charge in [0.1, 0.15) is 0 Å². The van der Waals surface area contributed by atoms with Gasteiger partial charge in [0.25, 0.3) is 0 Å². The lowest BCUT2D eigenvalue weighted by molar-refractivity contribution is -0.114. The summed E-state index contributed by atoms with van der Waals surface area (Å²) >= 11 is -2.26. The summed E-state index contributed by atoms with van der Waals surface area (Å²) in [7, 11) is 0. The molecule has 7 nitrogen and oxygen atoms in total. The van der Waals surface area contributed by atoms with Crippen molar-refractivity contribution in [2.24, 2.45) is 0 Å². The lowest BCUT2D eigenvalue weighted by atomic mass is 10.2. The Morgan fingerprint density at radius 1 is 1.10 bits per heavy atom. The zero-order valence-corrected chi connectivity index (χ0v) is 19.1. The first kappa shape index (κ1) is 23.2. The molecule has 0 radical (unpaired) electrons. The molecular weight excluding hydrogens is 412 g/mol. The van der Waals surface area contributed by atoms with Gasteiger partial charge in [0.15, 0.2) is 0 Å². The predicted molar refractivity (Wildman–Crippen MR) is 126 cm³/mol. The second-order valence-corrected chi connectivity index (χ2v) is 8.80. The molecule has 31 heavy (non-hydrogen) atoms. The number of aryl methyl sites for hydroxylation is 1. The number of hydrogen-bond acceptors (Lipinski definition) is 5. The Hall–Kier alpha value is -2.42. The average molecular weight is 444 g/mol. The van der Waals surface area contributed by atoms with Crippen LogP contribution in [0.25, 0.3) is 0 Å². The van der Waals surface area contributed by atoms with Crippen LogP contribution in [0, 0.1) is 6.92 Å². The van der Waals surface area contributed by atoms with E-state index in [9.17, 15) is 13.6 Å². The zero-order chi connectivity index (χ0) is 22.2. The van der Waals surface area contributed by atoms with Crippen LogP contribution in [0.5, 0.6) is 0 Å². The van der Waals surface area contributed by atoms with Crippen LogP contribution in [0.1, 0.15) is 25.3 Å². The second kappa shape index (κ2) is 11.3. The Balaban J connectivity index is 1.41. The number of amides is 1. The molecule has 3 rings (SSSR count). The van der Waals surface area contributed by atoms with Gasteiger partial charge in [0.2, 0.25) is 5.91 Å². The van der Waals surface area contributed by atoms with E-state index in [0.29, 0.717) is 12.2 Å². The Morgan fingerprint density at radius 2 is 1.81 bits per heavy atom. The highest BCUT2D eigenvalue weighted by molar-refractivity contribution is 7.80. The molecule has 0 bridgehead atoms. The highest BCUT2D eigenvalue weighted by Gasteiger charge is 2.17. The zero-order valence-electron chi connectivity index (χ0n) is 18.3. The molecule has 1 saturated heterocycles. The Bertz CT molecular complexity index is 883. The minimum absolute atomic E-state index is 0.0660. The SMILES string of the molecule is CC(=O)Nc1cccc(N2CCN(CCCCN(c3ccc(C)cc3)S(=O)[O-])CC2)c1. The van der Waals surface area contributed by atoms with Gasteiger partial charge in [-0.1, -0.05) is 23.8 Å². The molecule has 2 aromatic rings. The van der Waals surface area contributed by atoms with E-state index in [1.165, 1.54) is 11.2 Å². The quantitative estimate of drug-likeness (QED) is 0.476. The molecule has 1 amide bonds. The molecule has 1 N–H and O–H groups in total. The van der Waals surface area contributed by atoms with Crippen molar-refractivity contribution in [2.45, 2.75) is 26.7 Å². The van der Waals surface area contributed by atoms with E-state index in [4.69, 9.17) is 0 Å². The molecule has 1 aliphatic heterocycles. The van der Waals surface area contributed by atoms with Gasteiger partial charge in [0, 0.05) is 68.0 Å². The van der Waals surface area contributed by atoms with E-state index in [0.717, 1.165) is 62.5 Å². The van der Waals surface area contributed by atoms with Crippen molar-refractivity contribution in [2.75, 3.05) is 53.8 Å². The van der Waals surface area contributed by atoms with Crippen LogP contribution < -0.4 is 14.5 Å². The molecular formula is C23H31N4O3S-. The summed E-state index contributed by atoms with van der Waals surface area (Å²) < 4.78 is 24.7. The van der Waals surface area contributed by atoms with E-state index in [1.54, 1.807) is 0 Å². The Labute approximate surface area is 187 Å². The lowest BCUT2D eigenvalue weighted by Gasteiger charge is -2.36. The fourth-order valence-electron chi connectivity index (χ4n) is 3.80. The van der Waals surface area contributed by atoms with Crippen molar-refractivity contribution in [3.8, 4) is 0 Å². The van der Waals surface area contributed by atoms with Gasteiger partial charge in [-0.05, 0) is 56.6 Å². The molecule has 8 heteroatoms. The normalized spacial score (nSPS) is 15.5. The van der Waals surface area contributed by atoms with Crippen molar-refractivity contribution < 1.29 is 13.6 Å². The van der Waals surface area contributed by atoms with Crippen molar-refractivity contribution in [3.05, 3.63) is 54.1 Å². The van der Waals surface area contributed by atoms with E-state index < -0.39 is 11.3 Å². The first-order valence-electron chi connectivity index (χ1n) is 10.7. The number of nitrogens with zero attached hydrogens (tertiary/aromatic N) is 3. The second-order valence-electron chi connectivity index (χ2n) is 7.92. The molecule has 0 saturated carbocycles. The van der Waals surface area contributed by atoms with Crippen LogP contribution in [-0.2, 0) is 16.1 Å². The van der Waals surface area contributed by atoms with Crippen LogP contribution in [0.15, 0.2) is 48.5 Å². The molecule has 1 unspecified atom stereocenters. The maximum Gasteiger partial charge on any atom is 0.221 e. The van der Waals surface area contributed by atoms with Gasteiger partial charge in [-0.2, -0.15) is 0 Å². The maximum absolute atomic E-state index is 11.6. The summed E-state index contributed by atoms with van der Waals surface area (Å²) in [5.74, 6) is -0.0660. The maximum atomic E-state index is 11.6. The first-order chi connectivity index (χ1) is 14.9. The number of rotatable bonds is 9. The monoisotopic (exact) mass is 443 g/mol. The fraction of sp³-hybridized carbons (Fsp3) is 0.435. The van der Waals surface area contributed by atoms with E-state index >= 15 is 0 Å². The number of carbonyl (C=O) groups excluding carboxylic acids is 1. The Kier molecular flexibility index (Phi) is 8.45. The van der Waals surface area contributed by atoms with Crippen molar-refractivity contribution in [1.29, 1.82) is 0 Å². The van der Waals surface area contributed by atoms with Gasteiger partial charge in [-0.25, -0.2) is 0 Å². The highest BCUT2D eigenvalue weighted by Crippen LogP contribution is 2.21. The largest absolute Gasteiger partial charge is 0.755 e. The number of nitrogens with one attached hydrogen (secondary N) is 1. The van der Waals surface area contributed by atoms with Crippen LogP contribution in [0.4, 0.5) is 17.1 Å². The van der Waals surface area contributed by atoms with Gasteiger partial charge in [-0.15, -0.1) is 0 Å². The molecule has 2 aromatic carbocycles. The standard InChI is InChI=1S/C23H32N4O3S/c1-19-8-10-22(11-9-19)27(31(29)30)13-4-3-12-25-14-16-26(17-15-25)23-7-5-6-21(18-23)24-20(2)28/h5-11,18H,3-4,12-17H2,1-2H3,(H,24,28)(H,29,30)/p-1. The van der Waals surface area contributed by atoms with E-state index in [2.05, 4.69) is 21.2 Å².